The van der Waals surface area contributed by atoms with Crippen molar-refractivity contribution >= 4 is 5.97 Å². The van der Waals surface area contributed by atoms with Gasteiger partial charge in [-0.2, -0.15) is 0 Å². The van der Waals surface area contributed by atoms with Crippen LogP contribution in [-0.4, -0.2) is 21.2 Å². The van der Waals surface area contributed by atoms with Crippen LogP contribution in [0.1, 0.15) is 28.0 Å². The van der Waals surface area contributed by atoms with Gasteiger partial charge >= 0.3 is 5.97 Å². The van der Waals surface area contributed by atoms with Gasteiger partial charge in [0.2, 0.25) is 0 Å². The molecule has 0 aliphatic rings. The zero-order valence-corrected chi connectivity index (χ0v) is 10.7. The standard InChI is InChI=1S/C14H11F2NO4/c15-13(16)8-5-10(18)12(14(19)20)11(6-8)21-7-9-3-1-2-4-17-9/h1-6,13,18H,7H2,(H,19,20). The molecule has 7 heteroatoms. The number of hydrogen-bond donors (Lipinski definition) is 2. The molecule has 110 valence electrons. The zero-order valence-electron chi connectivity index (χ0n) is 10.7. The molecule has 1 aromatic heterocycles. The number of ether oxygens (including phenoxy) is 1. The Kier molecular flexibility index (Phi) is 4.32. The maximum absolute atomic E-state index is 12.7. The summed E-state index contributed by atoms with van der Waals surface area (Å²) in [6, 6.07) is 6.64. The average Bonchev–Trinajstić information content (AvgIpc) is 2.45. The Labute approximate surface area is 118 Å². The van der Waals surface area contributed by atoms with Gasteiger partial charge in [0.05, 0.1) is 5.69 Å². The van der Waals surface area contributed by atoms with E-state index in [-0.39, 0.29) is 12.4 Å². The van der Waals surface area contributed by atoms with Crippen LogP contribution >= 0.6 is 0 Å². The Morgan fingerprint density at radius 1 is 1.33 bits per heavy atom. The van der Waals surface area contributed by atoms with Crippen LogP contribution in [0.25, 0.3) is 0 Å². The number of halogens is 2. The first-order chi connectivity index (χ1) is 9.99. The van der Waals surface area contributed by atoms with E-state index in [2.05, 4.69) is 4.98 Å². The third-order valence-corrected chi connectivity index (χ3v) is 2.67. The van der Waals surface area contributed by atoms with Gasteiger partial charge in [-0.15, -0.1) is 0 Å². The van der Waals surface area contributed by atoms with E-state index in [0.29, 0.717) is 11.8 Å². The molecule has 0 fully saturated rings. The van der Waals surface area contributed by atoms with Crippen molar-refractivity contribution < 1.29 is 28.5 Å². The number of carbonyl (C=O) groups is 1. The van der Waals surface area contributed by atoms with E-state index in [1.54, 1.807) is 18.2 Å². The fourth-order valence-electron chi connectivity index (χ4n) is 1.71. The fraction of sp³-hybridized carbons (Fsp3) is 0.143. The van der Waals surface area contributed by atoms with Gasteiger partial charge in [-0.1, -0.05) is 6.07 Å². The van der Waals surface area contributed by atoms with Crippen LogP contribution in [0, 0.1) is 0 Å². The molecule has 1 aromatic carbocycles. The number of nitrogens with zero attached hydrogens (tertiary/aromatic N) is 1. The van der Waals surface area contributed by atoms with E-state index < -0.39 is 29.3 Å². The molecule has 0 saturated carbocycles. The Bertz CT molecular complexity index is 647. The van der Waals surface area contributed by atoms with Crippen LogP contribution < -0.4 is 4.74 Å². The summed E-state index contributed by atoms with van der Waals surface area (Å²) in [4.78, 5) is 15.1. The van der Waals surface area contributed by atoms with E-state index in [1.165, 1.54) is 6.20 Å². The number of phenols is 1. The van der Waals surface area contributed by atoms with Crippen molar-refractivity contribution in [3.05, 3.63) is 53.3 Å². The van der Waals surface area contributed by atoms with E-state index in [9.17, 15) is 18.7 Å². The molecular weight excluding hydrogens is 284 g/mol. The summed E-state index contributed by atoms with van der Waals surface area (Å²) in [5.74, 6) is -2.57. The molecule has 0 bridgehead atoms. The van der Waals surface area contributed by atoms with Crippen molar-refractivity contribution in [1.29, 1.82) is 0 Å². The molecule has 2 rings (SSSR count). The summed E-state index contributed by atoms with van der Waals surface area (Å²) in [5, 5.41) is 18.6. The number of aromatic hydroxyl groups is 1. The van der Waals surface area contributed by atoms with Gasteiger partial charge in [0.25, 0.3) is 6.43 Å². The molecule has 0 aliphatic heterocycles. The molecule has 0 unspecified atom stereocenters. The first kappa shape index (κ1) is 14.7. The lowest BCUT2D eigenvalue weighted by Gasteiger charge is -2.12. The highest BCUT2D eigenvalue weighted by Crippen LogP contribution is 2.34. The van der Waals surface area contributed by atoms with Gasteiger partial charge in [-0.3, -0.25) is 4.98 Å². The second-order valence-corrected chi connectivity index (χ2v) is 4.13. The fourth-order valence-corrected chi connectivity index (χ4v) is 1.71. The number of rotatable bonds is 5. The minimum atomic E-state index is -2.85. The lowest BCUT2D eigenvalue weighted by Crippen LogP contribution is -2.06. The van der Waals surface area contributed by atoms with Gasteiger partial charge in [-0.25, -0.2) is 13.6 Å². The van der Waals surface area contributed by atoms with Crippen LogP contribution in [-0.2, 0) is 6.61 Å². The summed E-state index contributed by atoms with van der Waals surface area (Å²) in [6.07, 6.45) is -1.33. The molecule has 2 N–H and O–H groups in total. The molecule has 21 heavy (non-hydrogen) atoms. The maximum atomic E-state index is 12.7. The number of carboxylic acid groups (broad SMARTS) is 1. The summed E-state index contributed by atoms with van der Waals surface area (Å²) < 4.78 is 30.6. The summed E-state index contributed by atoms with van der Waals surface area (Å²) in [5.41, 5.74) is -0.584. The van der Waals surface area contributed by atoms with Crippen molar-refractivity contribution in [2.24, 2.45) is 0 Å². The Hall–Kier alpha value is -2.70. The quantitative estimate of drug-likeness (QED) is 0.886. The van der Waals surface area contributed by atoms with Crippen LogP contribution in [0.2, 0.25) is 0 Å². The van der Waals surface area contributed by atoms with Gasteiger partial charge in [0.15, 0.2) is 0 Å². The van der Waals surface area contributed by atoms with Crippen molar-refractivity contribution in [3.63, 3.8) is 0 Å². The Morgan fingerprint density at radius 3 is 2.67 bits per heavy atom. The summed E-state index contributed by atoms with van der Waals surface area (Å²) >= 11 is 0. The van der Waals surface area contributed by atoms with Crippen LogP contribution in [0.3, 0.4) is 0 Å². The Balaban J connectivity index is 2.33. The second kappa shape index (κ2) is 6.17. The van der Waals surface area contributed by atoms with Crippen molar-refractivity contribution in [3.8, 4) is 11.5 Å². The minimum Gasteiger partial charge on any atom is -0.507 e. The summed E-state index contributed by atoms with van der Waals surface area (Å²) in [6.45, 7) is -0.104. The second-order valence-electron chi connectivity index (χ2n) is 4.13. The average molecular weight is 295 g/mol. The van der Waals surface area contributed by atoms with Crippen LogP contribution in [0.5, 0.6) is 11.5 Å². The monoisotopic (exact) mass is 295 g/mol. The molecule has 5 nitrogen and oxygen atoms in total. The molecule has 0 aliphatic carbocycles. The smallest absolute Gasteiger partial charge is 0.343 e. The molecule has 0 spiro atoms. The van der Waals surface area contributed by atoms with Gasteiger partial charge < -0.3 is 14.9 Å². The first-order valence-electron chi connectivity index (χ1n) is 5.90. The van der Waals surface area contributed by atoms with Crippen molar-refractivity contribution in [1.82, 2.24) is 4.98 Å². The molecule has 0 saturated heterocycles. The number of aromatic carboxylic acids is 1. The highest BCUT2D eigenvalue weighted by Gasteiger charge is 2.21. The highest BCUT2D eigenvalue weighted by atomic mass is 19.3. The zero-order chi connectivity index (χ0) is 15.4. The Morgan fingerprint density at radius 2 is 2.10 bits per heavy atom. The predicted molar refractivity (Wildman–Crippen MR) is 68.6 cm³/mol. The number of aromatic nitrogens is 1. The van der Waals surface area contributed by atoms with E-state index in [1.807, 2.05) is 0 Å². The van der Waals surface area contributed by atoms with Crippen molar-refractivity contribution in [2.75, 3.05) is 0 Å². The molecule has 0 atom stereocenters. The van der Waals surface area contributed by atoms with Gasteiger partial charge in [-0.05, 0) is 24.3 Å². The van der Waals surface area contributed by atoms with E-state index in [4.69, 9.17) is 9.84 Å². The first-order valence-corrected chi connectivity index (χ1v) is 5.90. The lowest BCUT2D eigenvalue weighted by molar-refractivity contribution is 0.0687. The SMILES string of the molecule is O=C(O)c1c(O)cc(C(F)F)cc1OCc1ccccn1. The highest BCUT2D eigenvalue weighted by molar-refractivity contribution is 5.94. The molecule has 2 aromatic rings. The predicted octanol–water partition coefficient (Wildman–Crippen LogP) is 3.00. The number of hydrogen-bond acceptors (Lipinski definition) is 4. The van der Waals surface area contributed by atoms with Gasteiger partial charge in [0, 0.05) is 11.8 Å². The van der Waals surface area contributed by atoms with Crippen LogP contribution in [0.4, 0.5) is 8.78 Å². The van der Waals surface area contributed by atoms with E-state index in [0.717, 1.165) is 6.07 Å². The van der Waals surface area contributed by atoms with Crippen molar-refractivity contribution in [2.45, 2.75) is 13.0 Å². The third kappa shape index (κ3) is 3.44. The third-order valence-electron chi connectivity index (χ3n) is 2.67. The summed E-state index contributed by atoms with van der Waals surface area (Å²) in [7, 11) is 0. The molecule has 0 amide bonds. The number of alkyl halides is 2. The molecular formula is C14H11F2NO4. The number of pyridine rings is 1. The maximum Gasteiger partial charge on any atom is 0.343 e. The molecule has 1 heterocycles. The van der Waals surface area contributed by atoms with E-state index >= 15 is 0 Å². The molecule has 0 radical (unpaired) electrons. The van der Waals surface area contributed by atoms with Crippen LogP contribution in [0.15, 0.2) is 36.5 Å². The minimum absolute atomic E-state index is 0.104. The number of benzene rings is 1. The topological polar surface area (TPSA) is 79.7 Å². The number of carboxylic acids is 1. The lowest BCUT2D eigenvalue weighted by atomic mass is 10.1. The normalized spacial score (nSPS) is 10.6. The largest absolute Gasteiger partial charge is 0.507 e. The van der Waals surface area contributed by atoms with Gasteiger partial charge in [0.1, 0.15) is 23.7 Å².